The Bertz CT molecular complexity index is 631. The van der Waals surface area contributed by atoms with Crippen molar-refractivity contribution < 1.29 is 22.7 Å². The van der Waals surface area contributed by atoms with Crippen LogP contribution in [0, 0.1) is 17.5 Å². The number of rotatable bonds is 4. The topological polar surface area (TPSA) is 26.3 Å². The number of ether oxygens (including phenoxy) is 1. The fraction of sp³-hybridized carbons (Fsp3) is 0.133. The molecule has 0 saturated heterocycles. The standard InChI is InChI=1S/C15H11F3O2/c1-2-20-14-7-9(3-4-10(14)8-19)11-5-12(16)15(18)13(17)6-11/h3-8H,2H2,1H3. The molecular weight excluding hydrogens is 269 g/mol. The average molecular weight is 280 g/mol. The number of benzene rings is 2. The molecule has 0 aliphatic rings. The van der Waals surface area contributed by atoms with Gasteiger partial charge in [0.15, 0.2) is 23.7 Å². The van der Waals surface area contributed by atoms with E-state index in [9.17, 15) is 18.0 Å². The number of carbonyl (C=O) groups excluding carboxylic acids is 1. The van der Waals surface area contributed by atoms with E-state index in [0.29, 0.717) is 29.8 Å². The Morgan fingerprint density at radius 1 is 1.05 bits per heavy atom. The van der Waals surface area contributed by atoms with Crippen molar-refractivity contribution in [3.8, 4) is 16.9 Å². The van der Waals surface area contributed by atoms with E-state index in [-0.39, 0.29) is 5.56 Å². The van der Waals surface area contributed by atoms with Crippen LogP contribution in [-0.2, 0) is 0 Å². The Morgan fingerprint density at radius 2 is 1.70 bits per heavy atom. The van der Waals surface area contributed by atoms with Gasteiger partial charge in [-0.1, -0.05) is 6.07 Å². The first-order valence-electron chi connectivity index (χ1n) is 5.93. The lowest BCUT2D eigenvalue weighted by molar-refractivity contribution is 0.112. The van der Waals surface area contributed by atoms with Crippen molar-refractivity contribution in [1.29, 1.82) is 0 Å². The molecule has 2 aromatic rings. The van der Waals surface area contributed by atoms with Crippen molar-refractivity contribution in [2.75, 3.05) is 6.61 Å². The predicted molar refractivity (Wildman–Crippen MR) is 68.3 cm³/mol. The molecule has 0 aliphatic carbocycles. The third-order valence-electron chi connectivity index (χ3n) is 2.76. The molecule has 2 rings (SSSR count). The van der Waals surface area contributed by atoms with Gasteiger partial charge in [-0.2, -0.15) is 0 Å². The van der Waals surface area contributed by atoms with Gasteiger partial charge in [-0.05, 0) is 42.3 Å². The molecule has 104 valence electrons. The highest BCUT2D eigenvalue weighted by atomic mass is 19.2. The Hall–Kier alpha value is -2.30. The molecule has 0 N–H and O–H groups in total. The maximum atomic E-state index is 13.2. The summed E-state index contributed by atoms with van der Waals surface area (Å²) in [6.45, 7) is 2.09. The van der Waals surface area contributed by atoms with Gasteiger partial charge in [-0.15, -0.1) is 0 Å². The zero-order valence-corrected chi connectivity index (χ0v) is 10.6. The first kappa shape index (κ1) is 14.1. The molecule has 0 aliphatic heterocycles. The SMILES string of the molecule is CCOc1cc(-c2cc(F)c(F)c(F)c2)ccc1C=O. The molecule has 2 aromatic carbocycles. The number of aldehydes is 1. The Balaban J connectivity index is 2.53. The van der Waals surface area contributed by atoms with Gasteiger partial charge in [-0.25, -0.2) is 13.2 Å². The van der Waals surface area contributed by atoms with Crippen molar-refractivity contribution in [2.24, 2.45) is 0 Å². The molecule has 2 nitrogen and oxygen atoms in total. The molecule has 0 bridgehead atoms. The van der Waals surface area contributed by atoms with Gasteiger partial charge in [0.05, 0.1) is 12.2 Å². The van der Waals surface area contributed by atoms with Gasteiger partial charge in [0.25, 0.3) is 0 Å². The monoisotopic (exact) mass is 280 g/mol. The number of hydrogen-bond donors (Lipinski definition) is 0. The number of halogens is 3. The molecule has 20 heavy (non-hydrogen) atoms. The predicted octanol–water partition coefficient (Wildman–Crippen LogP) is 3.98. The van der Waals surface area contributed by atoms with Gasteiger partial charge in [0.1, 0.15) is 5.75 Å². The van der Waals surface area contributed by atoms with Gasteiger partial charge in [0.2, 0.25) is 0 Å². The second-order valence-electron chi connectivity index (χ2n) is 4.06. The van der Waals surface area contributed by atoms with E-state index in [4.69, 9.17) is 4.74 Å². The first-order valence-corrected chi connectivity index (χ1v) is 5.93. The van der Waals surface area contributed by atoms with Crippen LogP contribution in [-0.4, -0.2) is 12.9 Å². The van der Waals surface area contributed by atoms with Crippen molar-refractivity contribution >= 4 is 6.29 Å². The lowest BCUT2D eigenvalue weighted by atomic mass is 10.0. The van der Waals surface area contributed by atoms with E-state index in [2.05, 4.69) is 0 Å². The van der Waals surface area contributed by atoms with E-state index < -0.39 is 17.5 Å². The van der Waals surface area contributed by atoms with Crippen LogP contribution in [0.2, 0.25) is 0 Å². The highest BCUT2D eigenvalue weighted by Crippen LogP contribution is 2.28. The van der Waals surface area contributed by atoms with Crippen LogP contribution < -0.4 is 4.74 Å². The maximum Gasteiger partial charge on any atom is 0.194 e. The Morgan fingerprint density at radius 3 is 2.25 bits per heavy atom. The summed E-state index contributed by atoms with van der Waals surface area (Å²) in [6.07, 6.45) is 0.626. The van der Waals surface area contributed by atoms with Gasteiger partial charge >= 0.3 is 0 Å². The maximum absolute atomic E-state index is 13.2. The van der Waals surface area contributed by atoms with Crippen LogP contribution in [0.25, 0.3) is 11.1 Å². The van der Waals surface area contributed by atoms with Gasteiger partial charge < -0.3 is 4.74 Å². The van der Waals surface area contributed by atoms with Crippen molar-refractivity contribution in [3.63, 3.8) is 0 Å². The van der Waals surface area contributed by atoms with E-state index >= 15 is 0 Å². The molecular formula is C15H11F3O2. The fourth-order valence-electron chi connectivity index (χ4n) is 1.81. The third-order valence-corrected chi connectivity index (χ3v) is 2.76. The van der Waals surface area contributed by atoms with Crippen LogP contribution in [0.1, 0.15) is 17.3 Å². The van der Waals surface area contributed by atoms with E-state index in [1.165, 1.54) is 18.2 Å². The zero-order valence-electron chi connectivity index (χ0n) is 10.6. The lowest BCUT2D eigenvalue weighted by Gasteiger charge is -2.09. The summed E-state index contributed by atoms with van der Waals surface area (Å²) in [5.41, 5.74) is 0.926. The van der Waals surface area contributed by atoms with Crippen LogP contribution in [0.4, 0.5) is 13.2 Å². The largest absolute Gasteiger partial charge is 0.493 e. The van der Waals surface area contributed by atoms with E-state index in [1.807, 2.05) is 0 Å². The second kappa shape index (κ2) is 5.77. The minimum atomic E-state index is -1.51. The quantitative estimate of drug-likeness (QED) is 0.625. The third kappa shape index (κ3) is 2.66. The molecule has 5 heteroatoms. The number of hydrogen-bond acceptors (Lipinski definition) is 2. The first-order chi connectivity index (χ1) is 9.56. The van der Waals surface area contributed by atoms with Crippen LogP contribution in [0.3, 0.4) is 0 Å². The average Bonchev–Trinajstić information content (AvgIpc) is 2.44. The van der Waals surface area contributed by atoms with E-state index in [1.54, 1.807) is 6.92 Å². The fourth-order valence-corrected chi connectivity index (χ4v) is 1.81. The Labute approximate surface area is 113 Å². The van der Waals surface area contributed by atoms with Crippen LogP contribution in [0.15, 0.2) is 30.3 Å². The van der Waals surface area contributed by atoms with Crippen LogP contribution >= 0.6 is 0 Å². The molecule has 0 aromatic heterocycles. The molecule has 0 fully saturated rings. The summed E-state index contributed by atoms with van der Waals surface area (Å²) in [4.78, 5) is 10.9. The second-order valence-corrected chi connectivity index (χ2v) is 4.06. The molecule has 0 unspecified atom stereocenters. The molecule has 0 amide bonds. The number of carbonyl (C=O) groups is 1. The summed E-state index contributed by atoms with van der Waals surface area (Å²) < 4.78 is 44.6. The highest BCUT2D eigenvalue weighted by molar-refractivity contribution is 5.81. The summed E-state index contributed by atoms with van der Waals surface area (Å²) in [6, 6.07) is 6.26. The molecule has 0 radical (unpaired) electrons. The summed E-state index contributed by atoms with van der Waals surface area (Å²) >= 11 is 0. The smallest absolute Gasteiger partial charge is 0.194 e. The molecule has 0 saturated carbocycles. The summed E-state index contributed by atoms with van der Waals surface area (Å²) in [5.74, 6) is -3.73. The van der Waals surface area contributed by atoms with Crippen molar-refractivity contribution in [1.82, 2.24) is 0 Å². The molecule has 0 heterocycles. The van der Waals surface area contributed by atoms with Gasteiger partial charge in [0, 0.05) is 0 Å². The van der Waals surface area contributed by atoms with Gasteiger partial charge in [-0.3, -0.25) is 4.79 Å². The molecule has 0 atom stereocenters. The van der Waals surface area contributed by atoms with Crippen molar-refractivity contribution in [2.45, 2.75) is 6.92 Å². The zero-order chi connectivity index (χ0) is 14.7. The highest BCUT2D eigenvalue weighted by Gasteiger charge is 2.13. The Kier molecular flexibility index (Phi) is 4.08. The van der Waals surface area contributed by atoms with E-state index in [0.717, 1.165) is 12.1 Å². The lowest BCUT2D eigenvalue weighted by Crippen LogP contribution is -1.97. The summed E-state index contributed by atoms with van der Waals surface area (Å²) in [5, 5.41) is 0. The molecule has 0 spiro atoms. The normalized spacial score (nSPS) is 10.4. The minimum Gasteiger partial charge on any atom is -0.493 e. The minimum absolute atomic E-state index is 0.166. The summed E-state index contributed by atoms with van der Waals surface area (Å²) in [7, 11) is 0. The van der Waals surface area contributed by atoms with Crippen molar-refractivity contribution in [3.05, 3.63) is 53.3 Å². The van der Waals surface area contributed by atoms with Crippen LogP contribution in [0.5, 0.6) is 5.75 Å².